The van der Waals surface area contributed by atoms with E-state index < -0.39 is 8.07 Å². The molecule has 0 atom stereocenters. The van der Waals surface area contributed by atoms with Gasteiger partial charge in [-0.25, -0.2) is 0 Å². The summed E-state index contributed by atoms with van der Waals surface area (Å²) in [7, 11) is -0.912. The van der Waals surface area contributed by atoms with Gasteiger partial charge in [-0.15, -0.1) is 0 Å². The highest BCUT2D eigenvalue weighted by atomic mass is 28.3. The number of hydrogen-bond acceptors (Lipinski definition) is 1. The first-order chi connectivity index (χ1) is 8.85. The maximum absolute atomic E-state index is 10.3. The highest BCUT2D eigenvalue weighted by molar-refractivity contribution is 6.76. The van der Waals surface area contributed by atoms with E-state index in [2.05, 4.69) is 44.8 Å². The summed E-state index contributed by atoms with van der Waals surface area (Å²) in [6, 6.07) is 1.28. The first-order valence-electron chi connectivity index (χ1n) is 7.27. The van der Waals surface area contributed by atoms with Crippen LogP contribution in [0.5, 0.6) is 0 Å². The van der Waals surface area contributed by atoms with Gasteiger partial charge >= 0.3 is 0 Å². The quantitative estimate of drug-likeness (QED) is 0.234. The minimum absolute atomic E-state index is 0.870. The van der Waals surface area contributed by atoms with Crippen molar-refractivity contribution in [2.24, 2.45) is 0 Å². The highest BCUT2D eigenvalue weighted by Crippen LogP contribution is 2.12. The lowest BCUT2D eigenvalue weighted by Gasteiger charge is -2.11. The van der Waals surface area contributed by atoms with Crippen molar-refractivity contribution in [3.8, 4) is 0 Å². The van der Waals surface area contributed by atoms with Crippen LogP contribution in [0.2, 0.25) is 25.7 Å². The minimum Gasteiger partial charge on any atom is -0.299 e. The molecule has 0 rings (SSSR count). The Hall–Kier alpha value is -0.893. The van der Waals surface area contributed by atoms with E-state index in [0.717, 1.165) is 37.5 Å². The Bertz CT molecular complexity index is 343. The molecule has 0 bridgehead atoms. The second-order valence-corrected chi connectivity index (χ2v) is 12.0. The zero-order chi connectivity index (χ0) is 14.7. The van der Waals surface area contributed by atoms with E-state index in [4.69, 9.17) is 0 Å². The monoisotopic (exact) mass is 278 g/mol. The topological polar surface area (TPSA) is 17.1 Å². The van der Waals surface area contributed by atoms with E-state index in [1.165, 1.54) is 11.6 Å². The van der Waals surface area contributed by atoms with Crippen molar-refractivity contribution in [2.75, 3.05) is 0 Å². The Morgan fingerprint density at radius 1 is 0.947 bits per heavy atom. The Morgan fingerprint density at radius 2 is 1.58 bits per heavy atom. The van der Waals surface area contributed by atoms with Gasteiger partial charge in [-0.3, -0.25) is 4.79 Å². The molecular formula is C17H30OSi. The summed E-state index contributed by atoms with van der Waals surface area (Å²) in [6.07, 6.45) is 13.8. The third kappa shape index (κ3) is 13.3. The molecule has 0 unspecified atom stereocenters. The molecule has 0 radical (unpaired) electrons. The molecular weight excluding hydrogens is 248 g/mol. The van der Waals surface area contributed by atoms with Gasteiger partial charge in [0.05, 0.1) is 0 Å². The van der Waals surface area contributed by atoms with Gasteiger partial charge in [0.1, 0.15) is 6.29 Å². The van der Waals surface area contributed by atoms with E-state index in [1.54, 1.807) is 6.08 Å². The predicted molar refractivity (Wildman–Crippen MR) is 89.3 cm³/mol. The third-order valence-corrected chi connectivity index (χ3v) is 4.45. The zero-order valence-electron chi connectivity index (χ0n) is 13.3. The van der Waals surface area contributed by atoms with Crippen LogP contribution in [0.25, 0.3) is 0 Å². The molecule has 2 heteroatoms. The molecule has 1 nitrogen and oxygen atoms in total. The number of hydrogen-bond donors (Lipinski definition) is 0. The van der Waals surface area contributed by atoms with Crippen molar-refractivity contribution in [1.82, 2.24) is 0 Å². The first-order valence-corrected chi connectivity index (χ1v) is 11.0. The number of aldehydes is 1. The third-order valence-electron chi connectivity index (χ3n) is 2.99. The average molecular weight is 279 g/mol. The van der Waals surface area contributed by atoms with E-state index >= 15 is 0 Å². The van der Waals surface area contributed by atoms with Crippen LogP contribution in [0.15, 0.2) is 35.5 Å². The largest absolute Gasteiger partial charge is 0.299 e. The van der Waals surface area contributed by atoms with E-state index in [1.807, 2.05) is 6.92 Å². The Morgan fingerprint density at radius 3 is 2.16 bits per heavy atom. The van der Waals surface area contributed by atoms with Crippen molar-refractivity contribution >= 4 is 14.4 Å². The van der Waals surface area contributed by atoms with Crippen molar-refractivity contribution in [1.29, 1.82) is 0 Å². The molecule has 0 aliphatic heterocycles. The van der Waals surface area contributed by atoms with Gasteiger partial charge in [0.2, 0.25) is 0 Å². The maximum atomic E-state index is 10.3. The van der Waals surface area contributed by atoms with E-state index in [0.29, 0.717) is 0 Å². The number of carbonyl (C=O) groups is 1. The standard InChI is InChI=1S/C17H30OSi/c1-16(11-9-12-17(2)13-14-18)10-7-6-8-15-19(3,4)5/h6,8,11,13-14H,7,9-10,12,15H2,1-5H3/b8-6-,16-11+,17-13+. The average Bonchev–Trinajstić information content (AvgIpc) is 2.27. The van der Waals surface area contributed by atoms with Crippen LogP contribution in [0.4, 0.5) is 0 Å². The van der Waals surface area contributed by atoms with Gasteiger partial charge < -0.3 is 0 Å². The highest BCUT2D eigenvalue weighted by Gasteiger charge is 2.08. The fourth-order valence-electron chi connectivity index (χ4n) is 1.71. The summed E-state index contributed by atoms with van der Waals surface area (Å²) in [4.78, 5) is 10.3. The molecule has 0 fully saturated rings. The van der Waals surface area contributed by atoms with Crippen molar-refractivity contribution in [3.05, 3.63) is 35.5 Å². The molecule has 0 aromatic rings. The van der Waals surface area contributed by atoms with Crippen molar-refractivity contribution < 1.29 is 4.79 Å². The molecule has 108 valence electrons. The van der Waals surface area contributed by atoms with Crippen LogP contribution in [0.1, 0.15) is 39.5 Å². The molecule has 0 spiro atoms. The van der Waals surface area contributed by atoms with Crippen LogP contribution in [0, 0.1) is 0 Å². The van der Waals surface area contributed by atoms with Gasteiger partial charge in [0, 0.05) is 8.07 Å². The normalized spacial score (nSPS) is 14.2. The van der Waals surface area contributed by atoms with Crippen molar-refractivity contribution in [3.63, 3.8) is 0 Å². The van der Waals surface area contributed by atoms with Crippen LogP contribution in [-0.4, -0.2) is 14.4 Å². The lowest BCUT2D eigenvalue weighted by Crippen LogP contribution is -2.17. The summed E-state index contributed by atoms with van der Waals surface area (Å²) in [5.41, 5.74) is 2.62. The molecule has 0 saturated carbocycles. The molecule has 0 aromatic heterocycles. The Labute approximate surface area is 120 Å². The summed E-state index contributed by atoms with van der Waals surface area (Å²) in [5, 5.41) is 0. The Kier molecular flexibility index (Phi) is 9.49. The predicted octanol–water partition coefficient (Wildman–Crippen LogP) is 5.53. The zero-order valence-corrected chi connectivity index (χ0v) is 14.3. The molecule has 0 heterocycles. The lowest BCUT2D eigenvalue weighted by atomic mass is 10.1. The van der Waals surface area contributed by atoms with Crippen LogP contribution >= 0.6 is 0 Å². The Balaban J connectivity index is 3.82. The van der Waals surface area contributed by atoms with Crippen LogP contribution in [0.3, 0.4) is 0 Å². The molecule has 19 heavy (non-hydrogen) atoms. The van der Waals surface area contributed by atoms with Crippen molar-refractivity contribution in [2.45, 2.75) is 65.2 Å². The number of allylic oxidation sites excluding steroid dienone is 6. The SMILES string of the molecule is C/C(=C\CC/C(C)=C/C=O)CC/C=C\C[Si](C)(C)C. The molecule has 0 aromatic carbocycles. The van der Waals surface area contributed by atoms with Gasteiger partial charge in [-0.1, -0.05) is 49.0 Å². The molecule has 0 N–H and O–H groups in total. The molecule has 0 aliphatic carbocycles. The maximum Gasteiger partial charge on any atom is 0.142 e. The summed E-state index contributed by atoms with van der Waals surface area (Å²) in [6.45, 7) is 11.4. The minimum atomic E-state index is -0.912. The van der Waals surface area contributed by atoms with Gasteiger partial charge in [-0.05, 0) is 51.7 Å². The molecule has 0 aliphatic rings. The van der Waals surface area contributed by atoms with Crippen LogP contribution in [-0.2, 0) is 4.79 Å². The summed E-state index contributed by atoms with van der Waals surface area (Å²) in [5.74, 6) is 0. The van der Waals surface area contributed by atoms with E-state index in [9.17, 15) is 4.79 Å². The number of rotatable bonds is 9. The lowest BCUT2D eigenvalue weighted by molar-refractivity contribution is -0.104. The molecule has 0 amide bonds. The van der Waals surface area contributed by atoms with Gasteiger partial charge in [0.15, 0.2) is 0 Å². The second-order valence-electron chi connectivity index (χ2n) is 6.51. The van der Waals surface area contributed by atoms with Gasteiger partial charge in [0.25, 0.3) is 0 Å². The summed E-state index contributed by atoms with van der Waals surface area (Å²) >= 11 is 0. The second kappa shape index (κ2) is 9.96. The fourth-order valence-corrected chi connectivity index (χ4v) is 2.59. The smallest absolute Gasteiger partial charge is 0.142 e. The number of carbonyl (C=O) groups excluding carboxylic acids is 1. The fraction of sp³-hybridized carbons (Fsp3) is 0.588. The van der Waals surface area contributed by atoms with Gasteiger partial charge in [-0.2, -0.15) is 0 Å². The van der Waals surface area contributed by atoms with Crippen LogP contribution < -0.4 is 0 Å². The van der Waals surface area contributed by atoms with E-state index in [-0.39, 0.29) is 0 Å². The summed E-state index contributed by atoms with van der Waals surface area (Å²) < 4.78 is 0. The first kappa shape index (κ1) is 18.1. The molecule has 0 saturated heterocycles.